The highest BCUT2D eigenvalue weighted by molar-refractivity contribution is 5.94. The smallest absolute Gasteiger partial charge is 0.309 e. The van der Waals surface area contributed by atoms with E-state index in [4.69, 9.17) is 4.74 Å². The Kier molecular flexibility index (Phi) is 8.43. The van der Waals surface area contributed by atoms with Gasteiger partial charge in [0.25, 0.3) is 5.91 Å². The van der Waals surface area contributed by atoms with Crippen LogP contribution in [0.2, 0.25) is 0 Å². The van der Waals surface area contributed by atoms with Crippen LogP contribution < -0.4 is 5.32 Å². The van der Waals surface area contributed by atoms with Crippen molar-refractivity contribution in [1.29, 1.82) is 0 Å². The summed E-state index contributed by atoms with van der Waals surface area (Å²) < 4.78 is 5.15. The van der Waals surface area contributed by atoms with Crippen molar-refractivity contribution in [2.45, 2.75) is 70.4 Å². The number of rotatable bonds is 7. The summed E-state index contributed by atoms with van der Waals surface area (Å²) in [5.41, 5.74) is 3.42. The molecule has 0 bridgehead atoms. The molecule has 1 aliphatic carbocycles. The molecule has 0 unspecified atom stereocenters. The van der Waals surface area contributed by atoms with Gasteiger partial charge in [0, 0.05) is 30.7 Å². The number of hydrogen-bond acceptors (Lipinski definition) is 4. The fourth-order valence-corrected chi connectivity index (χ4v) is 6.37. The number of esters is 1. The van der Waals surface area contributed by atoms with Crippen molar-refractivity contribution in [3.05, 3.63) is 83.4 Å². The zero-order valence-corrected chi connectivity index (χ0v) is 22.7. The fraction of sp³-hybridized carbons (Fsp3) is 0.455. The van der Waals surface area contributed by atoms with Gasteiger partial charge in [0.05, 0.1) is 12.5 Å². The van der Waals surface area contributed by atoms with Gasteiger partial charge in [-0.25, -0.2) is 0 Å². The third kappa shape index (κ3) is 5.94. The van der Waals surface area contributed by atoms with Crippen molar-refractivity contribution in [2.75, 3.05) is 19.7 Å². The summed E-state index contributed by atoms with van der Waals surface area (Å²) in [5.74, 6) is 0.352. The first-order valence-electron chi connectivity index (χ1n) is 14.3. The van der Waals surface area contributed by atoms with Gasteiger partial charge in [-0.3, -0.25) is 9.59 Å². The molecule has 200 valence electrons. The summed E-state index contributed by atoms with van der Waals surface area (Å²) in [6, 6.07) is 24.3. The summed E-state index contributed by atoms with van der Waals surface area (Å²) >= 11 is 0. The maximum absolute atomic E-state index is 13.1. The molecule has 3 atom stereocenters. The summed E-state index contributed by atoms with van der Waals surface area (Å²) in [7, 11) is 0. The number of likely N-dealkylation sites (tertiary alicyclic amines) is 1. The number of amides is 1. The molecule has 1 N–H and O–H groups in total. The van der Waals surface area contributed by atoms with Crippen LogP contribution in [0.3, 0.4) is 0 Å². The van der Waals surface area contributed by atoms with E-state index in [0.717, 1.165) is 12.0 Å². The van der Waals surface area contributed by atoms with Crippen LogP contribution in [0.5, 0.6) is 0 Å². The Morgan fingerprint density at radius 1 is 0.947 bits per heavy atom. The lowest BCUT2D eigenvalue weighted by molar-refractivity contribution is -0.149. The van der Waals surface area contributed by atoms with E-state index in [0.29, 0.717) is 44.5 Å². The molecule has 1 saturated carbocycles. The van der Waals surface area contributed by atoms with Gasteiger partial charge in [0.15, 0.2) is 0 Å². The first-order chi connectivity index (χ1) is 18.5. The second-order valence-corrected chi connectivity index (χ2v) is 11.0. The summed E-state index contributed by atoms with van der Waals surface area (Å²) in [4.78, 5) is 27.0. The number of nitrogens with one attached hydrogen (secondary N) is 1. The van der Waals surface area contributed by atoms with Gasteiger partial charge in [-0.1, -0.05) is 61.0 Å². The molecule has 38 heavy (non-hydrogen) atoms. The molecule has 0 spiro atoms. The molecule has 1 saturated heterocycles. The number of hydrogen-bond donors (Lipinski definition) is 1. The van der Waals surface area contributed by atoms with Crippen molar-refractivity contribution in [3.63, 3.8) is 0 Å². The van der Waals surface area contributed by atoms with Crippen LogP contribution in [0, 0.1) is 5.92 Å². The van der Waals surface area contributed by atoms with E-state index in [1.165, 1.54) is 41.2 Å². The Balaban J connectivity index is 1.17. The zero-order chi connectivity index (χ0) is 26.5. The molecule has 1 heterocycles. The number of nitrogens with zero attached hydrogens (tertiary/aromatic N) is 1. The second kappa shape index (κ2) is 12.1. The quantitative estimate of drug-likeness (QED) is 0.361. The molecule has 1 amide bonds. The van der Waals surface area contributed by atoms with Gasteiger partial charge in [-0.15, -0.1) is 0 Å². The number of piperidine rings is 1. The largest absolute Gasteiger partial charge is 0.466 e. The predicted octanol–water partition coefficient (Wildman–Crippen LogP) is 6.63. The molecule has 1 aliphatic heterocycles. The van der Waals surface area contributed by atoms with E-state index in [9.17, 15) is 9.59 Å². The number of carbonyl (C=O) groups excluding carboxylic acids is 2. The van der Waals surface area contributed by atoms with Crippen LogP contribution in [0.1, 0.15) is 85.8 Å². The minimum atomic E-state index is -0.129. The first kappa shape index (κ1) is 26.4. The second-order valence-electron chi connectivity index (χ2n) is 11.0. The highest BCUT2D eigenvalue weighted by atomic mass is 16.5. The van der Waals surface area contributed by atoms with E-state index in [1.54, 1.807) is 0 Å². The van der Waals surface area contributed by atoms with Gasteiger partial charge in [0.2, 0.25) is 0 Å². The average molecular weight is 513 g/mol. The molecule has 2 aliphatic rings. The third-order valence-corrected chi connectivity index (χ3v) is 8.48. The van der Waals surface area contributed by atoms with E-state index in [-0.39, 0.29) is 23.8 Å². The van der Waals surface area contributed by atoms with Crippen LogP contribution in [0.25, 0.3) is 10.8 Å². The maximum Gasteiger partial charge on any atom is 0.309 e. The topological polar surface area (TPSA) is 58.6 Å². The van der Waals surface area contributed by atoms with Crippen molar-refractivity contribution in [2.24, 2.45) is 5.92 Å². The molecule has 3 aromatic carbocycles. The number of benzene rings is 3. The molecule has 3 aromatic rings. The monoisotopic (exact) mass is 512 g/mol. The highest BCUT2D eigenvalue weighted by Crippen LogP contribution is 2.35. The van der Waals surface area contributed by atoms with Gasteiger partial charge >= 0.3 is 5.97 Å². The van der Waals surface area contributed by atoms with Crippen LogP contribution in [0.15, 0.2) is 66.7 Å². The lowest BCUT2D eigenvalue weighted by Gasteiger charge is -2.33. The minimum Gasteiger partial charge on any atom is -0.466 e. The van der Waals surface area contributed by atoms with Crippen molar-refractivity contribution in [3.8, 4) is 0 Å². The summed E-state index contributed by atoms with van der Waals surface area (Å²) in [6.45, 7) is 5.73. The first-order valence-corrected chi connectivity index (χ1v) is 14.3. The van der Waals surface area contributed by atoms with E-state index < -0.39 is 0 Å². The van der Waals surface area contributed by atoms with E-state index in [1.807, 2.05) is 24.0 Å². The van der Waals surface area contributed by atoms with Crippen molar-refractivity contribution < 1.29 is 14.3 Å². The van der Waals surface area contributed by atoms with Crippen LogP contribution in [0.4, 0.5) is 0 Å². The molecular weight excluding hydrogens is 472 g/mol. The Bertz CT molecular complexity index is 1240. The van der Waals surface area contributed by atoms with Crippen molar-refractivity contribution in [1.82, 2.24) is 10.2 Å². The number of carbonyl (C=O) groups is 2. The zero-order valence-electron chi connectivity index (χ0n) is 22.7. The Labute approximate surface area is 226 Å². The lowest BCUT2D eigenvalue weighted by atomic mass is 9.80. The lowest BCUT2D eigenvalue weighted by Crippen LogP contribution is -2.40. The molecule has 5 nitrogen and oxygen atoms in total. The molecule has 5 rings (SSSR count). The van der Waals surface area contributed by atoms with Gasteiger partial charge < -0.3 is 15.0 Å². The number of fused-ring (bicyclic) bond motifs is 1. The average Bonchev–Trinajstić information content (AvgIpc) is 2.97. The summed E-state index contributed by atoms with van der Waals surface area (Å²) in [5, 5.41) is 6.54. The summed E-state index contributed by atoms with van der Waals surface area (Å²) in [6.07, 6.45) is 6.07. The van der Waals surface area contributed by atoms with Gasteiger partial charge in [-0.05, 0) is 85.9 Å². The third-order valence-electron chi connectivity index (χ3n) is 8.48. The molecule has 0 aromatic heterocycles. The normalized spacial score (nSPS) is 21.3. The Morgan fingerprint density at radius 2 is 1.68 bits per heavy atom. The van der Waals surface area contributed by atoms with Crippen LogP contribution >= 0.6 is 0 Å². The fourth-order valence-electron chi connectivity index (χ4n) is 6.37. The Hall–Kier alpha value is -3.18. The van der Waals surface area contributed by atoms with E-state index >= 15 is 0 Å². The van der Waals surface area contributed by atoms with Crippen molar-refractivity contribution >= 4 is 22.6 Å². The highest BCUT2D eigenvalue weighted by Gasteiger charge is 2.29. The predicted molar refractivity (Wildman–Crippen MR) is 152 cm³/mol. The minimum absolute atomic E-state index is 0.0611. The molecule has 2 fully saturated rings. The van der Waals surface area contributed by atoms with Crippen LogP contribution in [-0.4, -0.2) is 42.5 Å². The van der Waals surface area contributed by atoms with Gasteiger partial charge in [0.1, 0.15) is 0 Å². The Morgan fingerprint density at radius 3 is 2.45 bits per heavy atom. The molecular formula is C33H40N2O3. The SMILES string of the molecule is CCOC(=O)C1CCN(C(=O)c2ccc([C@H]3CCC[C@H](N[C@H](C)c4cccc5ccccc45)C3)cc2)CC1. The molecule has 5 heteroatoms. The standard InChI is InChI=1S/C33H40N2O3/c1-3-38-33(37)27-18-20-35(21-19-27)32(36)26-16-14-24(15-17-26)28-10-6-11-29(22-28)34-23(2)30-13-7-9-25-8-4-5-12-31(25)30/h4-5,7-9,12-17,23,27-29,34H,3,6,10-11,18-22H2,1-2H3/t23-,28+,29+/m1/s1. The van der Waals surface area contributed by atoms with E-state index in [2.05, 4.69) is 66.8 Å². The number of ether oxygens (including phenoxy) is 1. The van der Waals surface area contributed by atoms with Crippen LogP contribution in [-0.2, 0) is 9.53 Å². The van der Waals surface area contributed by atoms with Gasteiger partial charge in [-0.2, -0.15) is 0 Å². The molecule has 0 radical (unpaired) electrons. The maximum atomic E-state index is 13.1.